The summed E-state index contributed by atoms with van der Waals surface area (Å²) < 4.78 is 5.56. The van der Waals surface area contributed by atoms with Crippen LogP contribution in [-0.2, 0) is 21.9 Å². The van der Waals surface area contributed by atoms with Gasteiger partial charge in [-0.2, -0.15) is 0 Å². The molecule has 2 rings (SSSR count). The Bertz CT molecular complexity index is 574. The Morgan fingerprint density at radius 3 is 2.30 bits per heavy atom. The third kappa shape index (κ3) is 6.89. The Kier molecular flexibility index (Phi) is 7.70. The number of amides is 1. The van der Waals surface area contributed by atoms with Crippen LogP contribution in [0.5, 0.6) is 0 Å². The van der Waals surface area contributed by atoms with Gasteiger partial charge in [-0.15, -0.1) is 11.8 Å². The van der Waals surface area contributed by atoms with E-state index in [0.717, 1.165) is 11.3 Å². The van der Waals surface area contributed by atoms with E-state index in [2.05, 4.69) is 17.4 Å². The van der Waals surface area contributed by atoms with E-state index in [1.807, 2.05) is 55.5 Å². The Hall–Kier alpha value is -1.78. The zero-order valence-corrected chi connectivity index (χ0v) is 14.2. The van der Waals surface area contributed by atoms with Crippen LogP contribution in [0.1, 0.15) is 18.1 Å². The van der Waals surface area contributed by atoms with E-state index < -0.39 is 0 Å². The summed E-state index contributed by atoms with van der Waals surface area (Å²) in [5.41, 5.74) is 2.38. The summed E-state index contributed by atoms with van der Waals surface area (Å²) in [4.78, 5) is 12.0. The molecule has 2 aromatic carbocycles. The lowest BCUT2D eigenvalue weighted by atomic mass is 10.2. The molecule has 0 fully saturated rings. The summed E-state index contributed by atoms with van der Waals surface area (Å²) >= 11 is 1.65. The van der Waals surface area contributed by atoms with Gasteiger partial charge < -0.3 is 10.1 Å². The van der Waals surface area contributed by atoms with Crippen molar-refractivity contribution in [3.8, 4) is 0 Å². The highest BCUT2D eigenvalue weighted by atomic mass is 32.2. The lowest BCUT2D eigenvalue weighted by Crippen LogP contribution is -2.33. The highest BCUT2D eigenvalue weighted by Gasteiger charge is 2.12. The molecule has 0 aliphatic carbocycles. The van der Waals surface area contributed by atoms with Crippen molar-refractivity contribution in [2.24, 2.45) is 0 Å². The van der Waals surface area contributed by atoms with Crippen LogP contribution in [0.15, 0.2) is 60.7 Å². The van der Waals surface area contributed by atoms with Gasteiger partial charge in [-0.05, 0) is 18.1 Å². The summed E-state index contributed by atoms with van der Waals surface area (Å²) in [7, 11) is 0. The average molecular weight is 329 g/mol. The second kappa shape index (κ2) is 10.1. The van der Waals surface area contributed by atoms with Gasteiger partial charge >= 0.3 is 0 Å². The van der Waals surface area contributed by atoms with E-state index in [1.165, 1.54) is 5.56 Å². The number of benzene rings is 2. The molecule has 0 spiro atoms. The Labute approximate surface area is 142 Å². The van der Waals surface area contributed by atoms with Crippen LogP contribution in [0.25, 0.3) is 0 Å². The van der Waals surface area contributed by atoms with Crippen molar-refractivity contribution in [2.45, 2.75) is 24.5 Å². The smallest absolute Gasteiger partial charge is 0.232 e. The van der Waals surface area contributed by atoms with Gasteiger partial charge in [0.1, 0.15) is 0 Å². The first kappa shape index (κ1) is 17.6. The molecule has 0 bridgehead atoms. The molecule has 0 radical (unpaired) electrons. The molecule has 0 aliphatic rings. The fourth-order valence-electron chi connectivity index (χ4n) is 2.03. The number of carbonyl (C=O) groups is 1. The van der Waals surface area contributed by atoms with Crippen molar-refractivity contribution in [1.29, 1.82) is 0 Å². The van der Waals surface area contributed by atoms with Crippen LogP contribution < -0.4 is 5.32 Å². The zero-order chi connectivity index (χ0) is 16.3. The minimum Gasteiger partial charge on any atom is -0.375 e. The normalized spacial score (nSPS) is 11.9. The molecule has 0 saturated heterocycles. The number of thioether (sulfide) groups is 1. The molecule has 3 nitrogen and oxygen atoms in total. The molecule has 0 aromatic heterocycles. The van der Waals surface area contributed by atoms with Crippen molar-refractivity contribution in [3.05, 3.63) is 71.8 Å². The quantitative estimate of drug-likeness (QED) is 0.714. The maximum atomic E-state index is 12.0. The molecule has 1 N–H and O–H groups in total. The first-order valence-corrected chi connectivity index (χ1v) is 8.85. The number of ether oxygens (including phenoxy) is 1. The lowest BCUT2D eigenvalue weighted by molar-refractivity contribution is -0.120. The Morgan fingerprint density at radius 1 is 1.04 bits per heavy atom. The molecule has 0 aliphatic heterocycles. The van der Waals surface area contributed by atoms with Gasteiger partial charge in [0.2, 0.25) is 5.91 Å². The van der Waals surface area contributed by atoms with E-state index in [9.17, 15) is 4.79 Å². The van der Waals surface area contributed by atoms with Gasteiger partial charge in [0.15, 0.2) is 0 Å². The predicted molar refractivity (Wildman–Crippen MR) is 96.3 cm³/mol. The van der Waals surface area contributed by atoms with Crippen LogP contribution >= 0.6 is 11.8 Å². The number of hydrogen-bond acceptors (Lipinski definition) is 3. The van der Waals surface area contributed by atoms with E-state index in [4.69, 9.17) is 4.74 Å². The second-order valence-electron chi connectivity index (χ2n) is 5.27. The Balaban J connectivity index is 1.57. The number of hydrogen-bond donors (Lipinski definition) is 1. The summed E-state index contributed by atoms with van der Waals surface area (Å²) in [6.45, 7) is 3.58. The fourth-order valence-corrected chi connectivity index (χ4v) is 2.90. The van der Waals surface area contributed by atoms with Gasteiger partial charge in [-0.1, -0.05) is 60.7 Å². The highest BCUT2D eigenvalue weighted by molar-refractivity contribution is 7.99. The Morgan fingerprint density at radius 2 is 1.65 bits per heavy atom. The molecule has 1 amide bonds. The number of rotatable bonds is 9. The van der Waals surface area contributed by atoms with Crippen molar-refractivity contribution >= 4 is 17.7 Å². The second-order valence-corrected chi connectivity index (χ2v) is 6.60. The van der Waals surface area contributed by atoms with Crippen molar-refractivity contribution in [3.63, 3.8) is 0 Å². The molecular weight excluding hydrogens is 306 g/mol. The van der Waals surface area contributed by atoms with E-state index in [-0.39, 0.29) is 11.2 Å². The van der Waals surface area contributed by atoms with Crippen molar-refractivity contribution < 1.29 is 9.53 Å². The minimum atomic E-state index is -0.0654. The number of nitrogens with one attached hydrogen (secondary N) is 1. The summed E-state index contributed by atoms with van der Waals surface area (Å²) in [6.07, 6.45) is 0. The predicted octanol–water partition coefficient (Wildman–Crippen LogP) is 3.64. The first-order chi connectivity index (χ1) is 11.3. The van der Waals surface area contributed by atoms with Gasteiger partial charge in [-0.25, -0.2) is 0 Å². The molecule has 122 valence electrons. The van der Waals surface area contributed by atoms with Crippen LogP contribution in [0.3, 0.4) is 0 Å². The molecule has 23 heavy (non-hydrogen) atoms. The summed E-state index contributed by atoms with van der Waals surface area (Å²) in [6, 6.07) is 20.2. The molecule has 0 unspecified atom stereocenters. The molecule has 1 atom stereocenters. The maximum absolute atomic E-state index is 12.0. The van der Waals surface area contributed by atoms with Gasteiger partial charge in [0.25, 0.3) is 0 Å². The monoisotopic (exact) mass is 329 g/mol. The topological polar surface area (TPSA) is 38.3 Å². The lowest BCUT2D eigenvalue weighted by Gasteiger charge is -2.12. The third-order valence-electron chi connectivity index (χ3n) is 3.37. The molecule has 4 heteroatoms. The molecule has 0 saturated carbocycles. The third-order valence-corrected chi connectivity index (χ3v) is 4.58. The summed E-state index contributed by atoms with van der Waals surface area (Å²) in [5, 5.41) is 2.85. The van der Waals surface area contributed by atoms with Crippen LogP contribution in [0.2, 0.25) is 0 Å². The number of carbonyl (C=O) groups excluding carboxylic acids is 1. The van der Waals surface area contributed by atoms with Gasteiger partial charge in [0.05, 0.1) is 18.5 Å². The van der Waals surface area contributed by atoms with Gasteiger partial charge in [-0.3, -0.25) is 4.79 Å². The van der Waals surface area contributed by atoms with Crippen molar-refractivity contribution in [1.82, 2.24) is 5.32 Å². The van der Waals surface area contributed by atoms with E-state index in [0.29, 0.717) is 19.8 Å². The molecule has 0 heterocycles. The first-order valence-electron chi connectivity index (χ1n) is 7.80. The van der Waals surface area contributed by atoms with Crippen LogP contribution in [0.4, 0.5) is 0 Å². The molecule has 2 aromatic rings. The minimum absolute atomic E-state index is 0.0641. The van der Waals surface area contributed by atoms with Crippen LogP contribution in [-0.4, -0.2) is 24.3 Å². The standard InChI is InChI=1S/C19H23NO2S/c1-16(23-15-18-10-6-3-7-11-18)19(21)20-12-13-22-14-17-8-4-2-5-9-17/h2-11,16H,12-15H2,1H3,(H,20,21)/t16-/m0/s1. The maximum Gasteiger partial charge on any atom is 0.232 e. The molecular formula is C19H23NO2S. The van der Waals surface area contributed by atoms with Crippen molar-refractivity contribution in [2.75, 3.05) is 13.2 Å². The summed E-state index contributed by atoms with van der Waals surface area (Å²) in [5.74, 6) is 0.911. The van der Waals surface area contributed by atoms with Crippen LogP contribution in [0, 0.1) is 0 Å². The van der Waals surface area contributed by atoms with Gasteiger partial charge in [0, 0.05) is 12.3 Å². The largest absolute Gasteiger partial charge is 0.375 e. The average Bonchev–Trinajstić information content (AvgIpc) is 2.61. The van der Waals surface area contributed by atoms with E-state index >= 15 is 0 Å². The zero-order valence-electron chi connectivity index (χ0n) is 13.4. The SMILES string of the molecule is C[C@H](SCc1ccccc1)C(=O)NCCOCc1ccccc1. The van der Waals surface area contributed by atoms with E-state index in [1.54, 1.807) is 11.8 Å². The highest BCUT2D eigenvalue weighted by Crippen LogP contribution is 2.17. The fraction of sp³-hybridized carbons (Fsp3) is 0.316.